The average Bonchev–Trinajstić information content (AvgIpc) is 2.79. The van der Waals surface area contributed by atoms with Crippen LogP contribution in [0.4, 0.5) is 5.69 Å². The summed E-state index contributed by atoms with van der Waals surface area (Å²) in [5.74, 6) is -1.09. The lowest BCUT2D eigenvalue weighted by molar-refractivity contribution is 0.0696. The van der Waals surface area contributed by atoms with E-state index in [1.54, 1.807) is 0 Å². The number of methoxy groups -OCH3 is 1. The summed E-state index contributed by atoms with van der Waals surface area (Å²) in [6.45, 7) is 1.16. The highest BCUT2D eigenvalue weighted by molar-refractivity contribution is 7.92. The van der Waals surface area contributed by atoms with Crippen LogP contribution in [0.3, 0.4) is 0 Å². The van der Waals surface area contributed by atoms with Crippen molar-refractivity contribution < 1.29 is 23.1 Å². The maximum absolute atomic E-state index is 12.8. The molecule has 1 aliphatic rings. The quantitative estimate of drug-likeness (QED) is 0.393. The number of hydrogen-bond acceptors (Lipinski definition) is 5. The van der Waals surface area contributed by atoms with Crippen LogP contribution in [-0.2, 0) is 10.0 Å². The van der Waals surface area contributed by atoms with Gasteiger partial charge in [0, 0.05) is 35.1 Å². The van der Waals surface area contributed by atoms with Crippen molar-refractivity contribution >= 4 is 44.9 Å². The highest BCUT2D eigenvalue weighted by atomic mass is 35.5. The van der Waals surface area contributed by atoms with Crippen LogP contribution in [0.1, 0.15) is 27.5 Å². The van der Waals surface area contributed by atoms with E-state index >= 15 is 0 Å². The van der Waals surface area contributed by atoms with Crippen molar-refractivity contribution in [1.29, 1.82) is 0 Å². The Bertz CT molecular complexity index is 1260. The fraction of sp³-hybridized carbons (Fsp3) is 0.240. The van der Waals surface area contributed by atoms with Crippen molar-refractivity contribution in [3.63, 3.8) is 0 Å². The number of carbonyl (C=O) groups is 1. The molecule has 1 saturated heterocycles. The molecule has 1 fully saturated rings. The van der Waals surface area contributed by atoms with E-state index in [9.17, 15) is 18.3 Å². The van der Waals surface area contributed by atoms with Crippen LogP contribution in [-0.4, -0.2) is 50.3 Å². The largest absolute Gasteiger partial charge is 0.497 e. The monoisotopic (exact) mass is 534 g/mol. The molecule has 10 heteroatoms. The fourth-order valence-corrected chi connectivity index (χ4v) is 5.90. The highest BCUT2D eigenvalue weighted by Gasteiger charge is 2.36. The molecule has 0 amide bonds. The number of ether oxygens (including phenoxy) is 1. The molecule has 184 valence electrons. The zero-order valence-corrected chi connectivity index (χ0v) is 21.1. The van der Waals surface area contributed by atoms with E-state index in [4.69, 9.17) is 27.9 Å². The number of hydrogen-bond donors (Lipinski definition) is 2. The van der Waals surface area contributed by atoms with Gasteiger partial charge in [-0.2, -0.15) is 0 Å². The van der Waals surface area contributed by atoms with Crippen LogP contribution in [0.25, 0.3) is 0 Å². The van der Waals surface area contributed by atoms with Crippen LogP contribution in [0.5, 0.6) is 5.75 Å². The summed E-state index contributed by atoms with van der Waals surface area (Å²) in [7, 11) is -2.32. The Labute approximate surface area is 214 Å². The van der Waals surface area contributed by atoms with Crippen molar-refractivity contribution in [3.8, 4) is 5.75 Å². The topological polar surface area (TPSA) is 95.9 Å². The maximum Gasteiger partial charge on any atom is 0.335 e. The number of benzene rings is 3. The molecule has 0 radical (unpaired) electrons. The van der Waals surface area contributed by atoms with Gasteiger partial charge in [0.2, 0.25) is 10.0 Å². The number of carboxylic acid groups (broad SMARTS) is 1. The average molecular weight is 535 g/mol. The number of halogens is 2. The van der Waals surface area contributed by atoms with Crippen molar-refractivity contribution in [1.82, 2.24) is 4.90 Å². The number of sulfonamides is 1. The van der Waals surface area contributed by atoms with Gasteiger partial charge >= 0.3 is 5.97 Å². The van der Waals surface area contributed by atoms with Gasteiger partial charge in [-0.05, 0) is 47.5 Å². The molecule has 7 nitrogen and oxygen atoms in total. The third-order valence-corrected chi connectivity index (χ3v) is 7.80. The zero-order chi connectivity index (χ0) is 25.2. The SMILES string of the molecule is COc1cc(NS(=O)(=O)CC2CN(C(c3ccc(Cl)cc3)c3ccc(Cl)cc3)C2)cc(C(=O)O)c1. The molecule has 0 bridgehead atoms. The van der Waals surface area contributed by atoms with Crippen molar-refractivity contribution in [2.75, 3.05) is 30.7 Å². The van der Waals surface area contributed by atoms with E-state index in [1.807, 2.05) is 48.5 Å². The molecule has 1 heterocycles. The fourth-order valence-electron chi connectivity index (χ4n) is 4.26. The van der Waals surface area contributed by atoms with Gasteiger partial charge in [-0.1, -0.05) is 47.5 Å². The lowest BCUT2D eigenvalue weighted by Crippen LogP contribution is -2.51. The molecule has 0 atom stereocenters. The number of nitrogens with one attached hydrogen (secondary N) is 1. The molecular formula is C25H24Cl2N2O5S. The van der Waals surface area contributed by atoms with Crippen molar-refractivity contribution in [2.45, 2.75) is 6.04 Å². The zero-order valence-electron chi connectivity index (χ0n) is 18.8. The third-order valence-electron chi connectivity index (χ3n) is 5.84. The predicted molar refractivity (Wildman–Crippen MR) is 137 cm³/mol. The molecule has 3 aromatic rings. The first kappa shape index (κ1) is 25.3. The Morgan fingerprint density at radius 2 is 1.57 bits per heavy atom. The molecule has 1 aliphatic heterocycles. The normalized spacial score (nSPS) is 14.5. The summed E-state index contributed by atoms with van der Waals surface area (Å²) in [4.78, 5) is 13.5. The lowest BCUT2D eigenvalue weighted by atomic mass is 9.91. The van der Waals surface area contributed by atoms with Gasteiger partial charge in [0.1, 0.15) is 5.75 Å². The third kappa shape index (κ3) is 6.27. The van der Waals surface area contributed by atoms with Crippen LogP contribution >= 0.6 is 23.2 Å². The first-order chi connectivity index (χ1) is 16.6. The second-order valence-electron chi connectivity index (χ2n) is 8.46. The van der Waals surface area contributed by atoms with Gasteiger partial charge in [0.05, 0.1) is 30.2 Å². The second-order valence-corrected chi connectivity index (χ2v) is 11.1. The summed E-state index contributed by atoms with van der Waals surface area (Å²) in [6, 6.07) is 19.2. The van der Waals surface area contributed by atoms with E-state index in [-0.39, 0.29) is 34.7 Å². The molecule has 0 spiro atoms. The number of rotatable bonds is 9. The van der Waals surface area contributed by atoms with Gasteiger partial charge in [0.25, 0.3) is 0 Å². The van der Waals surface area contributed by atoms with Gasteiger partial charge in [0.15, 0.2) is 0 Å². The Morgan fingerprint density at radius 1 is 1.03 bits per heavy atom. The minimum absolute atomic E-state index is 0.0621. The summed E-state index contributed by atoms with van der Waals surface area (Å²) < 4.78 is 33.2. The number of aromatic carboxylic acids is 1. The van der Waals surface area contributed by atoms with E-state index < -0.39 is 16.0 Å². The van der Waals surface area contributed by atoms with Gasteiger partial charge in [-0.15, -0.1) is 0 Å². The Balaban J connectivity index is 1.46. The first-order valence-corrected chi connectivity index (χ1v) is 13.2. The van der Waals surface area contributed by atoms with E-state index in [0.717, 1.165) is 11.1 Å². The first-order valence-electron chi connectivity index (χ1n) is 10.8. The summed E-state index contributed by atoms with van der Waals surface area (Å²) in [5, 5.41) is 10.6. The van der Waals surface area contributed by atoms with Crippen LogP contribution in [0, 0.1) is 5.92 Å². The molecule has 2 N–H and O–H groups in total. The van der Waals surface area contributed by atoms with E-state index in [1.165, 1.54) is 25.3 Å². The van der Waals surface area contributed by atoms with Crippen molar-refractivity contribution in [3.05, 3.63) is 93.5 Å². The van der Waals surface area contributed by atoms with Crippen molar-refractivity contribution in [2.24, 2.45) is 5.92 Å². The predicted octanol–water partition coefficient (Wildman–Crippen LogP) is 5.16. The van der Waals surface area contributed by atoms with Gasteiger partial charge < -0.3 is 9.84 Å². The molecule has 3 aromatic carbocycles. The maximum atomic E-state index is 12.8. The van der Waals surface area contributed by atoms with E-state index in [0.29, 0.717) is 23.1 Å². The molecule has 0 saturated carbocycles. The Hall–Kier alpha value is -2.78. The van der Waals surface area contributed by atoms with Gasteiger partial charge in [-0.3, -0.25) is 9.62 Å². The molecular weight excluding hydrogens is 511 g/mol. The standard InChI is InChI=1S/C25H24Cl2N2O5S/c1-34-23-11-19(25(30)31)10-22(12-23)28-35(32,33)15-16-13-29(14-16)24(17-2-6-20(26)7-3-17)18-4-8-21(27)9-5-18/h2-12,16,24,28H,13-15H2,1H3,(H,30,31). The minimum Gasteiger partial charge on any atom is -0.497 e. The Kier molecular flexibility index (Phi) is 7.56. The number of likely N-dealkylation sites (tertiary alicyclic amines) is 1. The molecule has 4 rings (SSSR count). The minimum atomic E-state index is -3.71. The van der Waals surface area contributed by atoms with Crippen LogP contribution in [0.2, 0.25) is 10.0 Å². The number of carboxylic acids is 1. The molecule has 0 aliphatic carbocycles. The Morgan fingerprint density at radius 3 is 2.06 bits per heavy atom. The van der Waals surface area contributed by atoms with Crippen LogP contribution in [0.15, 0.2) is 66.7 Å². The smallest absolute Gasteiger partial charge is 0.335 e. The lowest BCUT2D eigenvalue weighted by Gasteiger charge is -2.44. The molecule has 0 aromatic heterocycles. The summed E-state index contributed by atoms with van der Waals surface area (Å²) in [5.41, 5.74) is 2.19. The second kappa shape index (κ2) is 10.5. The summed E-state index contributed by atoms with van der Waals surface area (Å²) >= 11 is 12.1. The molecule has 35 heavy (non-hydrogen) atoms. The van der Waals surface area contributed by atoms with Gasteiger partial charge in [-0.25, -0.2) is 13.2 Å². The van der Waals surface area contributed by atoms with Crippen LogP contribution < -0.4 is 9.46 Å². The molecule has 0 unspecified atom stereocenters. The summed E-state index contributed by atoms with van der Waals surface area (Å²) in [6.07, 6.45) is 0. The number of anilines is 1. The highest BCUT2D eigenvalue weighted by Crippen LogP contribution is 2.36. The number of nitrogens with zero attached hydrogens (tertiary/aromatic N) is 1. The van der Waals surface area contributed by atoms with E-state index in [2.05, 4.69) is 9.62 Å².